The lowest BCUT2D eigenvalue weighted by atomic mass is 10.2. The average molecular weight is 334 g/mol. The number of benzene rings is 1. The Kier molecular flexibility index (Phi) is 6.72. The first-order valence-electron chi connectivity index (χ1n) is 8.09. The molecule has 1 saturated heterocycles. The number of aliphatic imine (C=N–C) groups is 1. The molecule has 0 radical (unpaired) electrons. The van der Waals surface area contributed by atoms with Gasteiger partial charge in [0.25, 0.3) is 0 Å². The summed E-state index contributed by atoms with van der Waals surface area (Å²) in [6.45, 7) is 4.08. The predicted molar refractivity (Wildman–Crippen MR) is 94.8 cm³/mol. The highest BCUT2D eigenvalue weighted by Gasteiger charge is 2.20. The number of esters is 1. The van der Waals surface area contributed by atoms with Gasteiger partial charge in [0.05, 0.1) is 20.6 Å². The second-order valence-corrected chi connectivity index (χ2v) is 5.48. The van der Waals surface area contributed by atoms with Crippen molar-refractivity contribution >= 4 is 17.6 Å². The maximum Gasteiger partial charge on any atom is 0.307 e. The molecule has 0 aromatic heterocycles. The molecular weight excluding hydrogens is 308 g/mol. The van der Waals surface area contributed by atoms with E-state index < -0.39 is 0 Å². The van der Waals surface area contributed by atoms with Crippen molar-refractivity contribution in [1.29, 1.82) is 0 Å². The lowest BCUT2D eigenvalue weighted by Crippen LogP contribution is -2.52. The van der Waals surface area contributed by atoms with Crippen LogP contribution in [0.1, 0.15) is 6.42 Å². The molecule has 0 aliphatic carbocycles. The summed E-state index contributed by atoms with van der Waals surface area (Å²) in [5, 5.41) is 3.21. The van der Waals surface area contributed by atoms with Crippen LogP contribution in [0.4, 0.5) is 5.69 Å². The zero-order valence-electron chi connectivity index (χ0n) is 14.6. The number of carbonyl (C=O) groups excluding carboxylic acids is 1. The predicted octanol–water partition coefficient (Wildman–Crippen LogP) is 0.956. The molecule has 0 atom stereocenters. The SMILES string of the molecule is CN=C(NCCC(=O)OC)N1CCN(c2cccc(OC)c2)CC1. The van der Waals surface area contributed by atoms with Gasteiger partial charge in [-0.2, -0.15) is 0 Å². The highest BCUT2D eigenvalue weighted by atomic mass is 16.5. The quantitative estimate of drug-likeness (QED) is 0.491. The van der Waals surface area contributed by atoms with Gasteiger partial charge in [-0.25, -0.2) is 0 Å². The molecule has 1 fully saturated rings. The summed E-state index contributed by atoms with van der Waals surface area (Å²) in [6.07, 6.45) is 0.333. The Morgan fingerprint density at radius 2 is 2.00 bits per heavy atom. The van der Waals surface area contributed by atoms with Gasteiger partial charge in [-0.3, -0.25) is 9.79 Å². The van der Waals surface area contributed by atoms with Gasteiger partial charge < -0.3 is 24.6 Å². The molecule has 7 nitrogen and oxygen atoms in total. The Morgan fingerprint density at radius 3 is 2.62 bits per heavy atom. The fraction of sp³-hybridized carbons (Fsp3) is 0.529. The molecule has 0 unspecified atom stereocenters. The van der Waals surface area contributed by atoms with E-state index in [2.05, 4.69) is 37.0 Å². The molecule has 1 N–H and O–H groups in total. The molecule has 0 amide bonds. The van der Waals surface area contributed by atoms with Crippen LogP contribution < -0.4 is 15.0 Å². The molecule has 7 heteroatoms. The van der Waals surface area contributed by atoms with Crippen molar-refractivity contribution in [1.82, 2.24) is 10.2 Å². The zero-order chi connectivity index (χ0) is 17.4. The third kappa shape index (κ3) is 4.78. The molecule has 1 heterocycles. The van der Waals surface area contributed by atoms with Gasteiger partial charge in [-0.15, -0.1) is 0 Å². The third-order valence-corrected chi connectivity index (χ3v) is 4.05. The smallest absolute Gasteiger partial charge is 0.307 e. The van der Waals surface area contributed by atoms with Crippen molar-refractivity contribution in [3.05, 3.63) is 24.3 Å². The van der Waals surface area contributed by atoms with Gasteiger partial charge in [0.2, 0.25) is 0 Å². The van der Waals surface area contributed by atoms with E-state index >= 15 is 0 Å². The first-order valence-corrected chi connectivity index (χ1v) is 8.09. The van der Waals surface area contributed by atoms with Gasteiger partial charge in [0, 0.05) is 51.5 Å². The molecular formula is C17H26N4O3. The van der Waals surface area contributed by atoms with Gasteiger partial charge in [0.1, 0.15) is 5.75 Å². The van der Waals surface area contributed by atoms with Crippen LogP contribution in [-0.2, 0) is 9.53 Å². The van der Waals surface area contributed by atoms with Gasteiger partial charge in [-0.05, 0) is 12.1 Å². The summed E-state index contributed by atoms with van der Waals surface area (Å²) in [5.74, 6) is 1.47. The van der Waals surface area contributed by atoms with Crippen LogP contribution in [0.25, 0.3) is 0 Å². The van der Waals surface area contributed by atoms with E-state index in [1.54, 1.807) is 14.2 Å². The first-order chi connectivity index (χ1) is 11.7. The summed E-state index contributed by atoms with van der Waals surface area (Å²) < 4.78 is 9.94. The number of carbonyl (C=O) groups is 1. The van der Waals surface area contributed by atoms with E-state index in [0.717, 1.165) is 37.9 Å². The van der Waals surface area contributed by atoms with Crippen molar-refractivity contribution in [3.63, 3.8) is 0 Å². The number of rotatable bonds is 5. The maximum atomic E-state index is 11.2. The molecule has 24 heavy (non-hydrogen) atoms. The second-order valence-electron chi connectivity index (χ2n) is 5.48. The number of hydrogen-bond acceptors (Lipinski definition) is 5. The Hall–Kier alpha value is -2.44. The van der Waals surface area contributed by atoms with Crippen molar-refractivity contribution < 1.29 is 14.3 Å². The number of piperazine rings is 1. The summed E-state index contributed by atoms with van der Waals surface area (Å²) in [6, 6.07) is 8.11. The van der Waals surface area contributed by atoms with Crippen molar-refractivity contribution in [2.24, 2.45) is 4.99 Å². The molecule has 0 saturated carbocycles. The van der Waals surface area contributed by atoms with E-state index in [1.165, 1.54) is 12.8 Å². The maximum absolute atomic E-state index is 11.2. The Bertz CT molecular complexity index is 569. The van der Waals surface area contributed by atoms with Crippen LogP contribution in [0.5, 0.6) is 5.75 Å². The number of nitrogens with zero attached hydrogens (tertiary/aromatic N) is 3. The van der Waals surface area contributed by atoms with Gasteiger partial charge in [-0.1, -0.05) is 6.07 Å². The fourth-order valence-corrected chi connectivity index (χ4v) is 2.69. The number of methoxy groups -OCH3 is 2. The molecule has 1 aromatic carbocycles. The van der Waals surface area contributed by atoms with Gasteiger partial charge in [0.15, 0.2) is 5.96 Å². The number of hydrogen-bond donors (Lipinski definition) is 1. The molecule has 0 bridgehead atoms. The zero-order valence-corrected chi connectivity index (χ0v) is 14.6. The summed E-state index contributed by atoms with van der Waals surface area (Å²) in [5.41, 5.74) is 1.17. The highest BCUT2D eigenvalue weighted by Crippen LogP contribution is 2.22. The largest absolute Gasteiger partial charge is 0.497 e. The lowest BCUT2D eigenvalue weighted by Gasteiger charge is -2.37. The van der Waals surface area contributed by atoms with E-state index in [4.69, 9.17) is 4.74 Å². The minimum Gasteiger partial charge on any atom is -0.497 e. The van der Waals surface area contributed by atoms with Crippen LogP contribution in [0.3, 0.4) is 0 Å². The van der Waals surface area contributed by atoms with E-state index in [9.17, 15) is 4.79 Å². The average Bonchev–Trinajstić information content (AvgIpc) is 2.65. The van der Waals surface area contributed by atoms with Gasteiger partial charge >= 0.3 is 5.97 Å². The number of guanidine groups is 1. The van der Waals surface area contributed by atoms with Crippen molar-refractivity contribution in [2.75, 3.05) is 58.9 Å². The monoisotopic (exact) mass is 334 g/mol. The second kappa shape index (κ2) is 9.00. The number of anilines is 1. The van der Waals surface area contributed by atoms with E-state index in [1.807, 2.05) is 12.1 Å². The van der Waals surface area contributed by atoms with E-state index in [-0.39, 0.29) is 5.97 Å². The van der Waals surface area contributed by atoms with Crippen molar-refractivity contribution in [2.45, 2.75) is 6.42 Å². The van der Waals surface area contributed by atoms with E-state index in [0.29, 0.717) is 13.0 Å². The normalized spacial score (nSPS) is 15.2. The van der Waals surface area contributed by atoms with Crippen LogP contribution in [-0.4, -0.2) is 70.8 Å². The molecule has 1 aromatic rings. The Morgan fingerprint density at radius 1 is 1.25 bits per heavy atom. The number of nitrogens with one attached hydrogen (secondary N) is 1. The number of ether oxygens (including phenoxy) is 2. The minimum atomic E-state index is -0.221. The summed E-state index contributed by atoms with van der Waals surface area (Å²) in [7, 11) is 4.84. The van der Waals surface area contributed by atoms with Crippen LogP contribution in [0.2, 0.25) is 0 Å². The third-order valence-electron chi connectivity index (χ3n) is 4.05. The van der Waals surface area contributed by atoms with Crippen LogP contribution in [0.15, 0.2) is 29.3 Å². The Labute approximate surface area is 143 Å². The molecule has 0 spiro atoms. The fourth-order valence-electron chi connectivity index (χ4n) is 2.69. The topological polar surface area (TPSA) is 66.4 Å². The standard InChI is InChI=1S/C17H26N4O3/c1-18-17(19-8-7-16(22)24-3)21-11-9-20(10-12-21)14-5-4-6-15(13-14)23-2/h4-6,13H,7-12H2,1-3H3,(H,18,19). The molecule has 1 aliphatic heterocycles. The minimum absolute atomic E-state index is 0.221. The highest BCUT2D eigenvalue weighted by molar-refractivity contribution is 5.80. The van der Waals surface area contributed by atoms with Crippen LogP contribution in [0, 0.1) is 0 Å². The van der Waals surface area contributed by atoms with Crippen molar-refractivity contribution in [3.8, 4) is 5.75 Å². The Balaban J connectivity index is 1.85. The summed E-state index contributed by atoms with van der Waals surface area (Å²) >= 11 is 0. The molecule has 1 aliphatic rings. The van der Waals surface area contributed by atoms with Crippen LogP contribution >= 0.6 is 0 Å². The molecule has 132 valence electrons. The molecule has 2 rings (SSSR count). The summed E-state index contributed by atoms with van der Waals surface area (Å²) in [4.78, 5) is 20.0. The lowest BCUT2D eigenvalue weighted by molar-refractivity contribution is -0.140. The first kappa shape index (κ1) is 17.9.